The second kappa shape index (κ2) is 4.82. The normalized spacial score (nSPS) is 5.20. The Morgan fingerprint density at radius 3 is 1.80 bits per heavy atom. The van der Waals surface area contributed by atoms with Crippen molar-refractivity contribution in [1.82, 2.24) is 0 Å². The first-order chi connectivity index (χ1) is 1.73. The van der Waals surface area contributed by atoms with E-state index < -0.39 is 0 Å². The summed E-state index contributed by atoms with van der Waals surface area (Å²) in [5, 5.41) is -0.139. The minimum Gasteiger partial charge on any atom is -0.288 e. The van der Waals surface area contributed by atoms with Crippen molar-refractivity contribution in [1.29, 1.82) is 0 Å². The summed E-state index contributed by atoms with van der Waals surface area (Å²) in [5.74, 6) is 0. The van der Waals surface area contributed by atoms with Crippen LogP contribution in [0.15, 0.2) is 0 Å². The topological polar surface area (TPSA) is 17.1 Å². The SMILES string of the molecule is CC(=O)S.[Sn]. The number of carbonyl (C=O) groups is 1. The summed E-state index contributed by atoms with van der Waals surface area (Å²) in [6.07, 6.45) is 0. The van der Waals surface area contributed by atoms with E-state index in [-0.39, 0.29) is 29.0 Å². The molecule has 0 saturated heterocycles. The van der Waals surface area contributed by atoms with E-state index in [0.717, 1.165) is 0 Å². The molecule has 0 aliphatic rings. The first-order valence-electron chi connectivity index (χ1n) is 0.928. The van der Waals surface area contributed by atoms with Crippen LogP contribution in [0.1, 0.15) is 6.92 Å². The molecule has 3 heteroatoms. The van der Waals surface area contributed by atoms with Gasteiger partial charge < -0.3 is 0 Å². The third-order valence-electron chi connectivity index (χ3n) is 0. The van der Waals surface area contributed by atoms with Crippen molar-refractivity contribution in [2.45, 2.75) is 6.92 Å². The van der Waals surface area contributed by atoms with Gasteiger partial charge in [0.2, 0.25) is 0 Å². The van der Waals surface area contributed by atoms with Crippen molar-refractivity contribution in [2.24, 2.45) is 0 Å². The first-order valence-corrected chi connectivity index (χ1v) is 1.37. The zero-order valence-corrected chi connectivity index (χ0v) is 6.60. The maximum atomic E-state index is 9.31. The quantitative estimate of drug-likeness (QED) is 0.427. The molecule has 28 valence electrons. The number of hydrogen-bond acceptors (Lipinski definition) is 1. The average molecular weight is 195 g/mol. The van der Waals surface area contributed by atoms with Crippen molar-refractivity contribution in [3.05, 3.63) is 0 Å². The average Bonchev–Trinajstić information content (AvgIpc) is 0.811. The Morgan fingerprint density at radius 2 is 1.80 bits per heavy atom. The second-order valence-electron chi connectivity index (χ2n) is 0.519. The van der Waals surface area contributed by atoms with Gasteiger partial charge in [-0.1, -0.05) is 0 Å². The van der Waals surface area contributed by atoms with Crippen molar-refractivity contribution in [3.63, 3.8) is 0 Å². The maximum Gasteiger partial charge on any atom is 0.182 e. The molecule has 0 aromatic carbocycles. The molecule has 0 fully saturated rings. The van der Waals surface area contributed by atoms with Gasteiger partial charge in [-0.05, 0) is 0 Å². The Balaban J connectivity index is 0. The molecule has 0 rings (SSSR count). The van der Waals surface area contributed by atoms with Crippen molar-refractivity contribution < 1.29 is 4.79 Å². The van der Waals surface area contributed by atoms with Gasteiger partial charge in [0, 0.05) is 30.8 Å². The third kappa shape index (κ3) is 57.1. The maximum absolute atomic E-state index is 9.31. The Morgan fingerprint density at radius 1 is 1.80 bits per heavy atom. The summed E-state index contributed by atoms with van der Waals surface area (Å²) in [5.41, 5.74) is 0. The molecule has 0 aromatic heterocycles. The van der Waals surface area contributed by atoms with Crippen molar-refractivity contribution in [3.8, 4) is 0 Å². The molecule has 0 aromatic rings. The van der Waals surface area contributed by atoms with Crippen LogP contribution >= 0.6 is 12.6 Å². The van der Waals surface area contributed by atoms with Gasteiger partial charge in [0.25, 0.3) is 0 Å². The molecule has 5 heavy (non-hydrogen) atoms. The van der Waals surface area contributed by atoms with Crippen molar-refractivity contribution in [2.75, 3.05) is 0 Å². The molecule has 0 heterocycles. The first kappa shape index (κ1) is 9.27. The summed E-state index contributed by atoms with van der Waals surface area (Å²) in [7, 11) is 0. The fourth-order valence-electron chi connectivity index (χ4n) is 0. The smallest absolute Gasteiger partial charge is 0.182 e. The van der Waals surface area contributed by atoms with Gasteiger partial charge in [0.05, 0.1) is 0 Å². The molecule has 0 bridgehead atoms. The Labute approximate surface area is 53.5 Å². The molecule has 1 nitrogen and oxygen atoms in total. The number of rotatable bonds is 0. The molecule has 4 radical (unpaired) electrons. The van der Waals surface area contributed by atoms with Crippen LogP contribution in [0.4, 0.5) is 0 Å². The van der Waals surface area contributed by atoms with Gasteiger partial charge in [0.15, 0.2) is 5.12 Å². The Hall–Kier alpha value is 0.819. The van der Waals surface area contributed by atoms with E-state index in [2.05, 4.69) is 12.6 Å². The largest absolute Gasteiger partial charge is 0.288 e. The van der Waals surface area contributed by atoms with Crippen LogP contribution in [0.3, 0.4) is 0 Å². The molecule has 0 aliphatic heterocycles. The fraction of sp³-hybridized carbons (Fsp3) is 0.500. The van der Waals surface area contributed by atoms with Crippen LogP contribution < -0.4 is 0 Å². The van der Waals surface area contributed by atoms with Crippen LogP contribution in [0, 0.1) is 0 Å². The second-order valence-corrected chi connectivity index (χ2v) is 1.15. The zero-order valence-electron chi connectivity index (χ0n) is 2.86. The van der Waals surface area contributed by atoms with E-state index in [4.69, 9.17) is 0 Å². The Bertz CT molecular complexity index is 32.6. The molecular weight excluding hydrogens is 191 g/mol. The third-order valence-corrected chi connectivity index (χ3v) is 0. The molecule has 0 N–H and O–H groups in total. The van der Waals surface area contributed by atoms with E-state index in [1.807, 2.05) is 0 Å². The predicted molar refractivity (Wildman–Crippen MR) is 25.4 cm³/mol. The number of thiol groups is 1. The zero-order chi connectivity index (χ0) is 3.58. The summed E-state index contributed by atoms with van der Waals surface area (Å²) in [6, 6.07) is 0. The monoisotopic (exact) mass is 196 g/mol. The van der Waals surface area contributed by atoms with Crippen LogP contribution in [0.5, 0.6) is 0 Å². The number of carbonyl (C=O) groups excluding carboxylic acids is 1. The fourth-order valence-corrected chi connectivity index (χ4v) is 0. The molecule has 0 saturated carbocycles. The van der Waals surface area contributed by atoms with Crippen LogP contribution in [-0.2, 0) is 4.79 Å². The van der Waals surface area contributed by atoms with Crippen molar-refractivity contribution >= 4 is 41.7 Å². The summed E-state index contributed by atoms with van der Waals surface area (Å²) in [6.45, 7) is 1.39. The molecule has 0 atom stereocenters. The standard InChI is InChI=1S/C2H4OS.Sn/c1-2(3)4;/h1H3,(H,3,4);. The summed E-state index contributed by atoms with van der Waals surface area (Å²) in [4.78, 5) is 9.31. The van der Waals surface area contributed by atoms with Crippen LogP contribution in [0.2, 0.25) is 0 Å². The van der Waals surface area contributed by atoms with E-state index in [9.17, 15) is 4.79 Å². The molecule has 0 aliphatic carbocycles. The van der Waals surface area contributed by atoms with E-state index in [1.165, 1.54) is 6.92 Å². The van der Waals surface area contributed by atoms with Gasteiger partial charge in [0.1, 0.15) is 0 Å². The van der Waals surface area contributed by atoms with E-state index in [1.54, 1.807) is 0 Å². The predicted octanol–water partition coefficient (Wildman–Crippen LogP) is 0.0819. The molecule has 0 spiro atoms. The minimum atomic E-state index is -0.139. The molecular formula is C2H4OSSn. The molecule has 0 unspecified atom stereocenters. The number of hydrogen-bond donors (Lipinski definition) is 1. The van der Waals surface area contributed by atoms with Gasteiger partial charge in [-0.25, -0.2) is 0 Å². The Kier molecular flexibility index (Phi) is 8.93. The molecule has 0 amide bonds. The van der Waals surface area contributed by atoms with Gasteiger partial charge in [-0.2, -0.15) is 0 Å². The van der Waals surface area contributed by atoms with Gasteiger partial charge in [-0.3, -0.25) is 4.79 Å². The van der Waals surface area contributed by atoms with Gasteiger partial charge >= 0.3 is 0 Å². The van der Waals surface area contributed by atoms with E-state index >= 15 is 0 Å². The summed E-state index contributed by atoms with van der Waals surface area (Å²) >= 11 is 3.33. The minimum absolute atomic E-state index is 0. The van der Waals surface area contributed by atoms with Gasteiger partial charge in [-0.15, -0.1) is 12.6 Å². The van der Waals surface area contributed by atoms with E-state index in [0.29, 0.717) is 0 Å². The van der Waals surface area contributed by atoms with Crippen LogP contribution in [0.25, 0.3) is 0 Å². The van der Waals surface area contributed by atoms with Crippen LogP contribution in [-0.4, -0.2) is 29.0 Å². The summed E-state index contributed by atoms with van der Waals surface area (Å²) < 4.78 is 0.